The molecule has 0 bridgehead atoms. The van der Waals surface area contributed by atoms with Crippen molar-refractivity contribution < 1.29 is 22.7 Å². The summed E-state index contributed by atoms with van der Waals surface area (Å²) in [7, 11) is -2.44. The Hall–Kier alpha value is -2.29. The zero-order valence-corrected chi connectivity index (χ0v) is 17.4. The van der Waals surface area contributed by atoms with E-state index in [1.807, 2.05) is 12.1 Å². The van der Waals surface area contributed by atoms with Gasteiger partial charge in [-0.25, -0.2) is 8.42 Å². The summed E-state index contributed by atoms with van der Waals surface area (Å²) >= 11 is 5.93. The monoisotopic (exact) mass is 426 g/mol. The molecule has 0 aliphatic rings. The second kappa shape index (κ2) is 9.77. The molecule has 1 atom stereocenters. The summed E-state index contributed by atoms with van der Waals surface area (Å²) in [6, 6.07) is 10.5. The lowest BCUT2D eigenvalue weighted by Gasteiger charge is -2.16. The smallest absolute Gasteiger partial charge is 0.245 e. The van der Waals surface area contributed by atoms with Gasteiger partial charge in [0, 0.05) is 11.6 Å². The largest absolute Gasteiger partial charge is 0.497 e. The number of hydrogen-bond donors (Lipinski definition) is 2. The SMILES string of the molecule is CCOc1ccc(Cl)cc1S(=O)(=O)NC(C)C(=O)NCc1ccc(OC)cc1. The van der Waals surface area contributed by atoms with E-state index in [-0.39, 0.29) is 22.2 Å². The average Bonchev–Trinajstić information content (AvgIpc) is 2.67. The Kier molecular flexibility index (Phi) is 7.68. The van der Waals surface area contributed by atoms with Crippen LogP contribution in [0.2, 0.25) is 5.02 Å². The van der Waals surface area contributed by atoms with Gasteiger partial charge in [-0.1, -0.05) is 23.7 Å². The van der Waals surface area contributed by atoms with Crippen LogP contribution in [-0.4, -0.2) is 34.1 Å². The predicted octanol–water partition coefficient (Wildman–Crippen LogP) is 2.73. The molecule has 0 heterocycles. The van der Waals surface area contributed by atoms with Gasteiger partial charge in [0.2, 0.25) is 15.9 Å². The Morgan fingerprint density at radius 2 is 1.86 bits per heavy atom. The van der Waals surface area contributed by atoms with Gasteiger partial charge >= 0.3 is 0 Å². The Balaban J connectivity index is 2.04. The molecule has 2 rings (SSSR count). The van der Waals surface area contributed by atoms with Crippen LogP contribution in [-0.2, 0) is 21.4 Å². The molecule has 0 aromatic heterocycles. The van der Waals surface area contributed by atoms with E-state index in [0.29, 0.717) is 12.4 Å². The molecule has 2 aromatic carbocycles. The molecule has 1 amide bonds. The van der Waals surface area contributed by atoms with Gasteiger partial charge in [0.05, 0.1) is 19.8 Å². The fourth-order valence-corrected chi connectivity index (χ4v) is 4.01. The summed E-state index contributed by atoms with van der Waals surface area (Å²) in [5, 5.41) is 2.95. The first-order valence-electron chi connectivity index (χ1n) is 8.62. The number of rotatable bonds is 9. The third-order valence-electron chi connectivity index (χ3n) is 3.85. The maximum Gasteiger partial charge on any atom is 0.245 e. The number of amides is 1. The third-order valence-corrected chi connectivity index (χ3v) is 5.64. The second-order valence-electron chi connectivity index (χ2n) is 5.93. The Bertz CT molecular complexity index is 916. The van der Waals surface area contributed by atoms with E-state index in [1.165, 1.54) is 25.1 Å². The van der Waals surface area contributed by atoms with Crippen LogP contribution in [0.5, 0.6) is 11.5 Å². The zero-order chi connectivity index (χ0) is 20.7. The standard InChI is InChI=1S/C19H23ClN2O5S/c1-4-27-17-10-7-15(20)11-18(17)28(24,25)22-13(2)19(23)21-12-14-5-8-16(26-3)9-6-14/h5-11,13,22H,4,12H2,1-3H3,(H,21,23). The van der Waals surface area contributed by atoms with Gasteiger partial charge in [-0.15, -0.1) is 0 Å². The molecular formula is C19H23ClN2O5S. The summed E-state index contributed by atoms with van der Waals surface area (Å²) in [5.74, 6) is 0.424. The lowest BCUT2D eigenvalue weighted by molar-refractivity contribution is -0.122. The molecule has 0 fully saturated rings. The third kappa shape index (κ3) is 5.85. The molecule has 0 aliphatic heterocycles. The van der Waals surface area contributed by atoms with Gasteiger partial charge < -0.3 is 14.8 Å². The minimum absolute atomic E-state index is 0.114. The van der Waals surface area contributed by atoms with Gasteiger partial charge in [-0.3, -0.25) is 4.79 Å². The highest BCUT2D eigenvalue weighted by Gasteiger charge is 2.25. The fourth-order valence-electron chi connectivity index (χ4n) is 2.40. The molecule has 9 heteroatoms. The summed E-state index contributed by atoms with van der Waals surface area (Å²) in [6.45, 7) is 3.76. The quantitative estimate of drug-likeness (QED) is 0.643. The lowest BCUT2D eigenvalue weighted by Crippen LogP contribution is -2.44. The van der Waals surface area contributed by atoms with E-state index in [4.69, 9.17) is 21.1 Å². The molecule has 0 saturated carbocycles. The maximum absolute atomic E-state index is 12.7. The number of sulfonamides is 1. The van der Waals surface area contributed by atoms with Gasteiger partial charge in [0.25, 0.3) is 0 Å². The van der Waals surface area contributed by atoms with Crippen molar-refractivity contribution in [1.29, 1.82) is 0 Å². The number of carbonyl (C=O) groups excluding carboxylic acids is 1. The maximum atomic E-state index is 12.7. The van der Waals surface area contributed by atoms with Crippen LogP contribution in [0, 0.1) is 0 Å². The van der Waals surface area contributed by atoms with Crippen LogP contribution < -0.4 is 19.5 Å². The van der Waals surface area contributed by atoms with Gasteiger partial charge in [0.15, 0.2) is 0 Å². The molecule has 0 saturated heterocycles. The number of benzene rings is 2. The fraction of sp³-hybridized carbons (Fsp3) is 0.316. The second-order valence-corrected chi connectivity index (χ2v) is 8.05. The van der Waals surface area contributed by atoms with Crippen LogP contribution in [0.15, 0.2) is 47.4 Å². The molecule has 0 aliphatic carbocycles. The highest BCUT2D eigenvalue weighted by Crippen LogP contribution is 2.27. The molecule has 7 nitrogen and oxygen atoms in total. The molecule has 2 aromatic rings. The lowest BCUT2D eigenvalue weighted by atomic mass is 10.2. The van der Waals surface area contributed by atoms with Gasteiger partial charge in [-0.2, -0.15) is 4.72 Å². The van der Waals surface area contributed by atoms with E-state index in [9.17, 15) is 13.2 Å². The Labute approximate surface area is 170 Å². The van der Waals surface area contributed by atoms with Crippen LogP contribution in [0.1, 0.15) is 19.4 Å². The van der Waals surface area contributed by atoms with Crippen molar-refractivity contribution in [3.63, 3.8) is 0 Å². The van der Waals surface area contributed by atoms with E-state index < -0.39 is 22.0 Å². The van der Waals surface area contributed by atoms with Crippen LogP contribution >= 0.6 is 11.6 Å². The van der Waals surface area contributed by atoms with Crippen molar-refractivity contribution in [2.45, 2.75) is 31.3 Å². The van der Waals surface area contributed by atoms with Crippen LogP contribution in [0.4, 0.5) is 0 Å². The number of nitrogens with one attached hydrogen (secondary N) is 2. The minimum atomic E-state index is -4.01. The van der Waals surface area contributed by atoms with E-state index in [0.717, 1.165) is 5.56 Å². The molecule has 28 heavy (non-hydrogen) atoms. The van der Waals surface area contributed by atoms with Crippen LogP contribution in [0.25, 0.3) is 0 Å². The van der Waals surface area contributed by atoms with Gasteiger partial charge in [0.1, 0.15) is 16.4 Å². The minimum Gasteiger partial charge on any atom is -0.497 e. The number of carbonyl (C=O) groups is 1. The Morgan fingerprint density at radius 3 is 2.46 bits per heavy atom. The van der Waals surface area contributed by atoms with E-state index >= 15 is 0 Å². The summed E-state index contributed by atoms with van der Waals surface area (Å²) < 4.78 is 38.2. The molecule has 0 spiro atoms. The highest BCUT2D eigenvalue weighted by atomic mass is 35.5. The van der Waals surface area contributed by atoms with E-state index in [2.05, 4.69) is 10.0 Å². The summed E-state index contributed by atoms with van der Waals surface area (Å²) in [5.41, 5.74) is 0.859. The van der Waals surface area contributed by atoms with Crippen molar-refractivity contribution >= 4 is 27.5 Å². The Morgan fingerprint density at radius 1 is 1.18 bits per heavy atom. The first-order valence-corrected chi connectivity index (χ1v) is 10.5. The number of hydrogen-bond acceptors (Lipinski definition) is 5. The van der Waals surface area contributed by atoms with Crippen molar-refractivity contribution in [3.05, 3.63) is 53.1 Å². The summed E-state index contributed by atoms with van der Waals surface area (Å²) in [6.07, 6.45) is 0. The topological polar surface area (TPSA) is 93.7 Å². The first-order chi connectivity index (χ1) is 13.3. The molecule has 2 N–H and O–H groups in total. The van der Waals surface area contributed by atoms with E-state index in [1.54, 1.807) is 26.2 Å². The number of methoxy groups -OCH3 is 1. The molecule has 0 radical (unpaired) electrons. The predicted molar refractivity (Wildman–Crippen MR) is 107 cm³/mol. The van der Waals surface area contributed by atoms with Crippen molar-refractivity contribution in [2.24, 2.45) is 0 Å². The summed E-state index contributed by atoms with van der Waals surface area (Å²) in [4.78, 5) is 12.2. The highest BCUT2D eigenvalue weighted by molar-refractivity contribution is 7.89. The van der Waals surface area contributed by atoms with Crippen molar-refractivity contribution in [3.8, 4) is 11.5 Å². The first kappa shape index (κ1) is 22.0. The van der Waals surface area contributed by atoms with Crippen LogP contribution in [0.3, 0.4) is 0 Å². The zero-order valence-electron chi connectivity index (χ0n) is 15.9. The number of ether oxygens (including phenoxy) is 2. The van der Waals surface area contributed by atoms with Crippen molar-refractivity contribution in [1.82, 2.24) is 10.0 Å². The molecule has 152 valence electrons. The molecular weight excluding hydrogens is 404 g/mol. The molecule has 1 unspecified atom stereocenters. The average molecular weight is 427 g/mol. The van der Waals surface area contributed by atoms with Gasteiger partial charge in [-0.05, 0) is 49.7 Å². The normalized spacial score (nSPS) is 12.3. The number of halogens is 1. The van der Waals surface area contributed by atoms with Crippen molar-refractivity contribution in [2.75, 3.05) is 13.7 Å².